The number of hydrogen-bond acceptors (Lipinski definition) is 2. The molecule has 0 amide bonds. The van der Waals surface area contributed by atoms with Gasteiger partial charge in [0.2, 0.25) is 0 Å². The number of carbonyl (C=O) groups is 1. The van der Waals surface area contributed by atoms with E-state index in [-0.39, 0.29) is 5.78 Å². The van der Waals surface area contributed by atoms with Crippen LogP contribution in [0, 0.1) is 6.92 Å². The standard InChI is InChI=1S/C14H16O2/c1-3-4-9-16-13-8-5-10(2)11-6-7-12(15)14(11)13/h3-5,8H,6-7,9H2,1-2H3/b4-3+. The molecular formula is C14H16O2. The highest BCUT2D eigenvalue weighted by molar-refractivity contribution is 6.03. The van der Waals surface area contributed by atoms with Crippen LogP contribution in [-0.4, -0.2) is 12.4 Å². The number of ether oxygens (including phenoxy) is 1. The third kappa shape index (κ3) is 1.87. The summed E-state index contributed by atoms with van der Waals surface area (Å²) >= 11 is 0. The van der Waals surface area contributed by atoms with Crippen molar-refractivity contribution in [3.05, 3.63) is 41.0 Å². The van der Waals surface area contributed by atoms with Crippen LogP contribution in [0.2, 0.25) is 0 Å². The summed E-state index contributed by atoms with van der Waals surface area (Å²) in [7, 11) is 0. The highest BCUT2D eigenvalue weighted by Gasteiger charge is 2.25. The summed E-state index contributed by atoms with van der Waals surface area (Å²) in [6.45, 7) is 4.53. The quantitative estimate of drug-likeness (QED) is 0.726. The third-order valence-electron chi connectivity index (χ3n) is 2.96. The molecule has 0 bridgehead atoms. The average Bonchev–Trinajstić information content (AvgIpc) is 2.66. The van der Waals surface area contributed by atoms with Crippen molar-refractivity contribution >= 4 is 5.78 Å². The largest absolute Gasteiger partial charge is 0.489 e. The van der Waals surface area contributed by atoms with Crippen molar-refractivity contribution in [1.82, 2.24) is 0 Å². The number of benzene rings is 1. The number of Topliss-reactive ketones (excluding diaryl/α,β-unsaturated/α-hetero) is 1. The lowest BCUT2D eigenvalue weighted by Gasteiger charge is -2.10. The first-order valence-corrected chi connectivity index (χ1v) is 5.63. The van der Waals surface area contributed by atoms with Crippen molar-refractivity contribution in [3.63, 3.8) is 0 Å². The molecular weight excluding hydrogens is 200 g/mol. The molecule has 2 nitrogen and oxygen atoms in total. The van der Waals surface area contributed by atoms with Crippen LogP contribution in [0.5, 0.6) is 5.75 Å². The second-order valence-corrected chi connectivity index (χ2v) is 4.04. The van der Waals surface area contributed by atoms with Crippen molar-refractivity contribution in [2.75, 3.05) is 6.61 Å². The molecule has 0 heterocycles. The van der Waals surface area contributed by atoms with E-state index in [2.05, 4.69) is 0 Å². The minimum atomic E-state index is 0.217. The normalized spacial score (nSPS) is 14.5. The summed E-state index contributed by atoms with van der Waals surface area (Å²) in [5.41, 5.74) is 3.17. The van der Waals surface area contributed by atoms with Crippen LogP contribution in [0.15, 0.2) is 24.3 Å². The van der Waals surface area contributed by atoms with Gasteiger partial charge in [-0.15, -0.1) is 0 Å². The van der Waals surface area contributed by atoms with E-state index in [4.69, 9.17) is 4.74 Å². The molecule has 0 aliphatic heterocycles. The molecule has 2 heteroatoms. The molecule has 0 N–H and O–H groups in total. The fourth-order valence-corrected chi connectivity index (χ4v) is 2.08. The van der Waals surface area contributed by atoms with Gasteiger partial charge >= 0.3 is 0 Å². The first-order valence-electron chi connectivity index (χ1n) is 5.63. The van der Waals surface area contributed by atoms with Gasteiger partial charge in [-0.05, 0) is 37.5 Å². The van der Waals surface area contributed by atoms with E-state index >= 15 is 0 Å². The van der Waals surface area contributed by atoms with Crippen LogP contribution in [0.3, 0.4) is 0 Å². The average molecular weight is 216 g/mol. The number of fused-ring (bicyclic) bond motifs is 1. The summed E-state index contributed by atoms with van der Waals surface area (Å²) in [4.78, 5) is 11.8. The van der Waals surface area contributed by atoms with Crippen LogP contribution in [0.25, 0.3) is 0 Å². The highest BCUT2D eigenvalue weighted by atomic mass is 16.5. The summed E-state index contributed by atoms with van der Waals surface area (Å²) < 4.78 is 5.61. The molecule has 0 saturated carbocycles. The molecule has 0 atom stereocenters. The van der Waals surface area contributed by atoms with E-state index in [1.165, 1.54) is 11.1 Å². The molecule has 0 spiro atoms. The summed E-state index contributed by atoms with van der Waals surface area (Å²) in [6.07, 6.45) is 5.36. The molecule has 16 heavy (non-hydrogen) atoms. The Hall–Kier alpha value is -1.57. The predicted molar refractivity (Wildman–Crippen MR) is 64.1 cm³/mol. The van der Waals surface area contributed by atoms with Gasteiger partial charge in [0.1, 0.15) is 12.4 Å². The van der Waals surface area contributed by atoms with Crippen LogP contribution >= 0.6 is 0 Å². The molecule has 0 unspecified atom stereocenters. The molecule has 2 rings (SSSR count). The zero-order valence-electron chi connectivity index (χ0n) is 9.75. The van der Waals surface area contributed by atoms with Gasteiger partial charge in [0, 0.05) is 6.42 Å². The molecule has 84 valence electrons. The molecule has 1 aromatic carbocycles. The first-order chi connectivity index (χ1) is 7.74. The van der Waals surface area contributed by atoms with Crippen LogP contribution in [0.1, 0.15) is 34.8 Å². The lowest BCUT2D eigenvalue weighted by atomic mass is 10.0. The number of hydrogen-bond donors (Lipinski definition) is 0. The molecule has 0 radical (unpaired) electrons. The van der Waals surface area contributed by atoms with Crippen LogP contribution in [0.4, 0.5) is 0 Å². The Balaban J connectivity index is 2.33. The zero-order valence-corrected chi connectivity index (χ0v) is 9.75. The smallest absolute Gasteiger partial charge is 0.167 e. The van der Waals surface area contributed by atoms with E-state index < -0.39 is 0 Å². The zero-order chi connectivity index (χ0) is 11.5. The summed E-state index contributed by atoms with van der Waals surface area (Å²) in [6, 6.07) is 3.93. The van der Waals surface area contributed by atoms with E-state index in [1.807, 2.05) is 38.1 Å². The number of allylic oxidation sites excluding steroid dienone is 1. The fraction of sp³-hybridized carbons (Fsp3) is 0.357. The fourth-order valence-electron chi connectivity index (χ4n) is 2.08. The summed E-state index contributed by atoms with van der Waals surface area (Å²) in [5.74, 6) is 0.954. The Kier molecular flexibility index (Phi) is 3.09. The predicted octanol–water partition coefficient (Wildman–Crippen LogP) is 3.08. The van der Waals surface area contributed by atoms with Gasteiger partial charge in [0.25, 0.3) is 0 Å². The highest BCUT2D eigenvalue weighted by Crippen LogP contribution is 2.32. The molecule has 1 aliphatic carbocycles. The van der Waals surface area contributed by atoms with Crippen molar-refractivity contribution in [2.45, 2.75) is 26.7 Å². The van der Waals surface area contributed by atoms with Gasteiger partial charge in [-0.1, -0.05) is 18.2 Å². The maximum Gasteiger partial charge on any atom is 0.167 e. The Morgan fingerprint density at radius 3 is 2.94 bits per heavy atom. The van der Waals surface area contributed by atoms with Gasteiger partial charge in [-0.2, -0.15) is 0 Å². The number of aryl methyl sites for hydroxylation is 1. The molecule has 1 aliphatic rings. The Labute approximate surface area is 95.9 Å². The second kappa shape index (κ2) is 4.52. The maximum atomic E-state index is 11.8. The molecule has 1 aromatic rings. The van der Waals surface area contributed by atoms with Gasteiger partial charge in [0.15, 0.2) is 5.78 Å². The lowest BCUT2D eigenvalue weighted by Crippen LogP contribution is -2.01. The third-order valence-corrected chi connectivity index (χ3v) is 2.96. The summed E-state index contributed by atoms with van der Waals surface area (Å²) in [5, 5.41) is 0. The van der Waals surface area contributed by atoms with Gasteiger partial charge in [-0.3, -0.25) is 4.79 Å². The Morgan fingerprint density at radius 2 is 2.19 bits per heavy atom. The van der Waals surface area contributed by atoms with Crippen molar-refractivity contribution in [1.29, 1.82) is 0 Å². The van der Waals surface area contributed by atoms with E-state index in [1.54, 1.807) is 0 Å². The SMILES string of the molecule is C/C=C/COc1ccc(C)c2c1C(=O)CC2. The molecule has 0 aromatic heterocycles. The monoisotopic (exact) mass is 216 g/mol. The number of rotatable bonds is 3. The minimum absolute atomic E-state index is 0.217. The minimum Gasteiger partial charge on any atom is -0.489 e. The van der Waals surface area contributed by atoms with Gasteiger partial charge in [0.05, 0.1) is 5.56 Å². The number of carbonyl (C=O) groups excluding carboxylic acids is 1. The topological polar surface area (TPSA) is 26.3 Å². The van der Waals surface area contributed by atoms with E-state index in [0.717, 1.165) is 17.7 Å². The van der Waals surface area contributed by atoms with Gasteiger partial charge < -0.3 is 4.74 Å². The first kappa shape index (κ1) is 10.9. The molecule has 0 saturated heterocycles. The maximum absolute atomic E-state index is 11.8. The molecule has 0 fully saturated rings. The van der Waals surface area contributed by atoms with E-state index in [9.17, 15) is 4.79 Å². The number of ketones is 1. The van der Waals surface area contributed by atoms with Crippen molar-refractivity contribution < 1.29 is 9.53 Å². The Morgan fingerprint density at radius 1 is 1.38 bits per heavy atom. The van der Waals surface area contributed by atoms with Crippen LogP contribution < -0.4 is 4.74 Å². The van der Waals surface area contributed by atoms with Crippen molar-refractivity contribution in [3.8, 4) is 5.75 Å². The Bertz CT molecular complexity index is 444. The van der Waals surface area contributed by atoms with Gasteiger partial charge in [-0.25, -0.2) is 0 Å². The van der Waals surface area contributed by atoms with Crippen molar-refractivity contribution in [2.24, 2.45) is 0 Å². The second-order valence-electron chi connectivity index (χ2n) is 4.04. The van der Waals surface area contributed by atoms with Crippen LogP contribution in [-0.2, 0) is 6.42 Å². The van der Waals surface area contributed by atoms with E-state index in [0.29, 0.717) is 13.0 Å². The lowest BCUT2D eigenvalue weighted by molar-refractivity contribution is 0.0991.